The first-order chi connectivity index (χ1) is 9.77. The Hall–Kier alpha value is -1.96. The predicted octanol–water partition coefficient (Wildman–Crippen LogP) is 4.60. The van der Waals surface area contributed by atoms with Crippen LogP contribution in [0.5, 0.6) is 11.5 Å². The monoisotopic (exact) mass is 284 g/mol. The normalized spacial score (nSPS) is 11.7. The van der Waals surface area contributed by atoms with Gasteiger partial charge in [-0.3, -0.25) is 0 Å². The first kappa shape index (κ1) is 15.4. The van der Waals surface area contributed by atoms with Crippen molar-refractivity contribution < 1.29 is 10.2 Å². The van der Waals surface area contributed by atoms with Crippen LogP contribution in [0.2, 0.25) is 0 Å². The second-order valence-electron chi connectivity index (χ2n) is 6.28. The molecule has 0 radical (unpaired) electrons. The molecular formula is C19H24O2. The van der Waals surface area contributed by atoms with Gasteiger partial charge in [0.1, 0.15) is 11.5 Å². The molecule has 0 aromatic heterocycles. The van der Waals surface area contributed by atoms with Gasteiger partial charge in [0.2, 0.25) is 0 Å². The zero-order valence-corrected chi connectivity index (χ0v) is 13.5. The molecule has 112 valence electrons. The summed E-state index contributed by atoms with van der Waals surface area (Å²) < 4.78 is 0. The van der Waals surface area contributed by atoms with Crippen molar-refractivity contribution in [1.29, 1.82) is 0 Å². The number of aromatic hydroxyl groups is 2. The molecule has 2 aromatic rings. The minimum absolute atomic E-state index is 0.180. The van der Waals surface area contributed by atoms with E-state index in [1.807, 2.05) is 39.0 Å². The van der Waals surface area contributed by atoms with Crippen LogP contribution >= 0.6 is 0 Å². The summed E-state index contributed by atoms with van der Waals surface area (Å²) in [5.41, 5.74) is 4.92. The van der Waals surface area contributed by atoms with Crippen LogP contribution in [0.15, 0.2) is 30.3 Å². The number of aryl methyl sites for hydroxylation is 3. The van der Waals surface area contributed by atoms with Gasteiger partial charge in [-0.05, 0) is 54.2 Å². The van der Waals surface area contributed by atoms with Gasteiger partial charge in [0.15, 0.2) is 0 Å². The Bertz CT molecular complexity index is 646. The van der Waals surface area contributed by atoms with Gasteiger partial charge in [0, 0.05) is 5.41 Å². The molecule has 0 spiro atoms. The van der Waals surface area contributed by atoms with E-state index in [4.69, 9.17) is 0 Å². The molecule has 0 heterocycles. The Balaban J connectivity index is 2.56. The summed E-state index contributed by atoms with van der Waals surface area (Å²) in [5.74, 6) is 0.727. The Morgan fingerprint density at radius 2 is 1.48 bits per heavy atom. The molecule has 2 heteroatoms. The van der Waals surface area contributed by atoms with Crippen LogP contribution in [-0.4, -0.2) is 10.2 Å². The second kappa shape index (κ2) is 5.44. The molecule has 2 nitrogen and oxygen atoms in total. The summed E-state index contributed by atoms with van der Waals surface area (Å²) in [7, 11) is 0. The Labute approximate surface area is 127 Å². The number of hydrogen-bond donors (Lipinski definition) is 2. The van der Waals surface area contributed by atoms with Crippen molar-refractivity contribution in [3.63, 3.8) is 0 Å². The first-order valence-electron chi connectivity index (χ1n) is 7.40. The van der Waals surface area contributed by atoms with E-state index in [1.165, 1.54) is 11.1 Å². The van der Waals surface area contributed by atoms with Crippen LogP contribution in [-0.2, 0) is 11.8 Å². The summed E-state index contributed by atoms with van der Waals surface area (Å²) in [6, 6.07) is 9.91. The Morgan fingerprint density at radius 1 is 0.905 bits per heavy atom. The topological polar surface area (TPSA) is 40.5 Å². The molecule has 0 aliphatic carbocycles. The third-order valence-electron chi connectivity index (χ3n) is 4.39. The SMILES string of the molecule is CCc1cc(C(C)(C)c2cc(C)c(O)c(C)c2)ccc1O. The van der Waals surface area contributed by atoms with Crippen molar-refractivity contribution in [2.75, 3.05) is 0 Å². The molecule has 0 aliphatic rings. The lowest BCUT2D eigenvalue weighted by molar-refractivity contribution is 0.465. The standard InChI is InChI=1S/C19H24O2/c1-6-14-11-15(7-8-17(14)20)19(4,5)16-9-12(2)18(21)13(3)10-16/h7-11,20-21H,6H2,1-5H3. The third-order valence-corrected chi connectivity index (χ3v) is 4.39. The second-order valence-corrected chi connectivity index (χ2v) is 6.28. The van der Waals surface area contributed by atoms with Gasteiger partial charge in [0.05, 0.1) is 0 Å². The molecule has 2 aromatic carbocycles. The van der Waals surface area contributed by atoms with E-state index in [9.17, 15) is 10.2 Å². The zero-order valence-electron chi connectivity index (χ0n) is 13.5. The van der Waals surface area contributed by atoms with Crippen molar-refractivity contribution in [3.8, 4) is 11.5 Å². The number of phenolic OH excluding ortho intramolecular Hbond substituents is 2. The summed E-state index contributed by atoms with van der Waals surface area (Å²) in [4.78, 5) is 0. The minimum Gasteiger partial charge on any atom is -0.508 e. The highest BCUT2D eigenvalue weighted by molar-refractivity contribution is 5.49. The van der Waals surface area contributed by atoms with Crippen molar-refractivity contribution in [1.82, 2.24) is 0 Å². The summed E-state index contributed by atoms with van der Waals surface area (Å²) in [5, 5.41) is 19.8. The van der Waals surface area contributed by atoms with Gasteiger partial charge in [0.25, 0.3) is 0 Å². The number of phenols is 2. The molecule has 0 bridgehead atoms. The van der Waals surface area contributed by atoms with Crippen molar-refractivity contribution in [2.24, 2.45) is 0 Å². The predicted molar refractivity (Wildman–Crippen MR) is 87.2 cm³/mol. The van der Waals surface area contributed by atoms with Crippen LogP contribution in [0, 0.1) is 13.8 Å². The molecule has 2 N–H and O–H groups in total. The van der Waals surface area contributed by atoms with E-state index in [0.717, 1.165) is 23.1 Å². The summed E-state index contributed by atoms with van der Waals surface area (Å²) >= 11 is 0. The van der Waals surface area contributed by atoms with Crippen molar-refractivity contribution in [2.45, 2.75) is 46.5 Å². The molecule has 0 saturated carbocycles. The maximum Gasteiger partial charge on any atom is 0.121 e. The molecule has 2 rings (SSSR count). The van der Waals surface area contributed by atoms with Gasteiger partial charge in [-0.1, -0.05) is 45.0 Å². The molecule has 0 fully saturated rings. The van der Waals surface area contributed by atoms with E-state index >= 15 is 0 Å². The van der Waals surface area contributed by atoms with E-state index in [-0.39, 0.29) is 5.41 Å². The maximum absolute atomic E-state index is 9.95. The zero-order chi connectivity index (χ0) is 15.8. The minimum atomic E-state index is -0.180. The number of benzene rings is 2. The maximum atomic E-state index is 9.95. The van der Waals surface area contributed by atoms with Gasteiger partial charge in [-0.25, -0.2) is 0 Å². The molecule has 21 heavy (non-hydrogen) atoms. The van der Waals surface area contributed by atoms with Crippen LogP contribution in [0.1, 0.15) is 48.6 Å². The van der Waals surface area contributed by atoms with Gasteiger partial charge in [-0.15, -0.1) is 0 Å². The Kier molecular flexibility index (Phi) is 3.99. The molecule has 0 aliphatic heterocycles. The van der Waals surface area contributed by atoms with Gasteiger partial charge >= 0.3 is 0 Å². The summed E-state index contributed by atoms with van der Waals surface area (Å²) in [6.45, 7) is 10.2. The largest absolute Gasteiger partial charge is 0.508 e. The highest BCUT2D eigenvalue weighted by Crippen LogP contribution is 2.36. The molecule has 0 unspecified atom stereocenters. The van der Waals surface area contributed by atoms with E-state index in [1.54, 1.807) is 6.07 Å². The van der Waals surface area contributed by atoms with E-state index < -0.39 is 0 Å². The van der Waals surface area contributed by atoms with E-state index in [2.05, 4.69) is 19.9 Å². The third kappa shape index (κ3) is 2.76. The van der Waals surface area contributed by atoms with Crippen LogP contribution in [0.4, 0.5) is 0 Å². The van der Waals surface area contributed by atoms with Crippen LogP contribution in [0.25, 0.3) is 0 Å². The first-order valence-corrected chi connectivity index (χ1v) is 7.40. The highest BCUT2D eigenvalue weighted by Gasteiger charge is 2.25. The number of rotatable bonds is 3. The fourth-order valence-corrected chi connectivity index (χ4v) is 2.74. The van der Waals surface area contributed by atoms with Crippen LogP contribution < -0.4 is 0 Å². The lowest BCUT2D eigenvalue weighted by Gasteiger charge is -2.28. The average Bonchev–Trinajstić information content (AvgIpc) is 2.44. The molecule has 0 saturated heterocycles. The molecular weight excluding hydrogens is 260 g/mol. The average molecular weight is 284 g/mol. The van der Waals surface area contributed by atoms with Gasteiger partial charge in [-0.2, -0.15) is 0 Å². The van der Waals surface area contributed by atoms with Crippen molar-refractivity contribution in [3.05, 3.63) is 58.1 Å². The lowest BCUT2D eigenvalue weighted by atomic mass is 9.76. The van der Waals surface area contributed by atoms with E-state index in [0.29, 0.717) is 11.5 Å². The van der Waals surface area contributed by atoms with Crippen LogP contribution in [0.3, 0.4) is 0 Å². The quantitative estimate of drug-likeness (QED) is 0.864. The smallest absolute Gasteiger partial charge is 0.121 e. The Morgan fingerprint density at radius 3 is 2.00 bits per heavy atom. The molecule has 0 amide bonds. The van der Waals surface area contributed by atoms with Crippen molar-refractivity contribution >= 4 is 0 Å². The fourth-order valence-electron chi connectivity index (χ4n) is 2.74. The highest BCUT2D eigenvalue weighted by atomic mass is 16.3. The number of hydrogen-bond acceptors (Lipinski definition) is 2. The van der Waals surface area contributed by atoms with Gasteiger partial charge < -0.3 is 10.2 Å². The lowest BCUT2D eigenvalue weighted by Crippen LogP contribution is -2.19. The molecule has 0 atom stereocenters. The summed E-state index contributed by atoms with van der Waals surface area (Å²) in [6.07, 6.45) is 0.809. The fraction of sp³-hybridized carbons (Fsp3) is 0.368.